The highest BCUT2D eigenvalue weighted by atomic mass is 32.2. The summed E-state index contributed by atoms with van der Waals surface area (Å²) in [4.78, 5) is 16.9. The summed E-state index contributed by atoms with van der Waals surface area (Å²) < 4.78 is 38.1. The van der Waals surface area contributed by atoms with E-state index in [9.17, 15) is 19.0 Å². The maximum atomic E-state index is 14.2. The van der Waals surface area contributed by atoms with E-state index in [0.29, 0.717) is 28.1 Å². The molecule has 1 aromatic carbocycles. The first-order valence-electron chi connectivity index (χ1n) is 9.76. The Morgan fingerprint density at radius 3 is 2.97 bits per heavy atom. The summed E-state index contributed by atoms with van der Waals surface area (Å²) in [6, 6.07) is 6.97. The lowest BCUT2D eigenvalue weighted by Crippen LogP contribution is -2.41. The quantitative estimate of drug-likeness (QED) is 0.476. The lowest BCUT2D eigenvalue weighted by molar-refractivity contribution is 0.208. The van der Waals surface area contributed by atoms with Gasteiger partial charge in [0.05, 0.1) is 12.2 Å². The number of nitrogens with two attached hydrogens (primary N) is 1. The SMILES string of the molecule is C[C@H]1Oc2cc(cnc2N)-c2c(nn(C)c2C#N)CN2C(=O)N[S+]([O-])N2c2ccc(F)cc21. The minimum Gasteiger partial charge on any atom is -0.567 e. The van der Waals surface area contributed by atoms with E-state index in [2.05, 4.69) is 20.9 Å². The number of ether oxygens (including phenoxy) is 1. The number of pyridine rings is 1. The number of carbonyl (C=O) groups is 1. The largest absolute Gasteiger partial charge is 0.567 e. The van der Waals surface area contributed by atoms with Crippen molar-refractivity contribution in [3.63, 3.8) is 0 Å². The first-order chi connectivity index (χ1) is 15.8. The number of benzene rings is 1. The maximum Gasteiger partial charge on any atom is 0.383 e. The fourth-order valence-electron chi connectivity index (χ4n) is 3.93. The molecule has 3 N–H and O–H groups in total. The van der Waals surface area contributed by atoms with Crippen LogP contribution in [0.3, 0.4) is 0 Å². The molecular formula is C20H17FN8O3S. The van der Waals surface area contributed by atoms with Crippen LogP contribution < -0.4 is 19.6 Å². The first-order valence-corrected chi connectivity index (χ1v) is 10.9. The highest BCUT2D eigenvalue weighted by molar-refractivity contribution is 7.91. The van der Waals surface area contributed by atoms with Crippen LogP contribution in [0.15, 0.2) is 30.5 Å². The molecule has 0 spiro atoms. The second kappa shape index (κ2) is 7.54. The number of hydrazine groups is 1. The molecule has 2 bridgehead atoms. The number of rotatable bonds is 0. The van der Waals surface area contributed by atoms with Crippen LogP contribution in [0.1, 0.15) is 30.0 Å². The zero-order valence-electron chi connectivity index (χ0n) is 17.4. The molecule has 5 rings (SSSR count). The van der Waals surface area contributed by atoms with E-state index < -0.39 is 29.5 Å². The lowest BCUT2D eigenvalue weighted by Gasteiger charge is -2.28. The van der Waals surface area contributed by atoms with Crippen LogP contribution in [0.4, 0.5) is 20.7 Å². The summed E-state index contributed by atoms with van der Waals surface area (Å²) in [7, 11) is 1.60. The molecule has 1 fully saturated rings. The van der Waals surface area contributed by atoms with Crippen molar-refractivity contribution in [2.45, 2.75) is 19.6 Å². The molecule has 13 heteroatoms. The molecule has 2 atom stereocenters. The maximum absolute atomic E-state index is 14.2. The molecule has 0 radical (unpaired) electrons. The van der Waals surface area contributed by atoms with Crippen LogP contribution in [0, 0.1) is 17.1 Å². The Balaban J connectivity index is 1.79. The van der Waals surface area contributed by atoms with Gasteiger partial charge in [-0.15, -0.1) is 4.72 Å². The number of urea groups is 1. The van der Waals surface area contributed by atoms with Gasteiger partial charge in [-0.05, 0) is 31.2 Å². The lowest BCUT2D eigenvalue weighted by atomic mass is 10.0. The minimum atomic E-state index is -1.98. The van der Waals surface area contributed by atoms with Gasteiger partial charge in [0.25, 0.3) is 0 Å². The van der Waals surface area contributed by atoms with E-state index >= 15 is 0 Å². The summed E-state index contributed by atoms with van der Waals surface area (Å²) in [6.45, 7) is 1.55. The average Bonchev–Trinajstić information content (AvgIpc) is 3.23. The number of hydrogen-bond acceptors (Lipinski definition) is 8. The molecule has 33 heavy (non-hydrogen) atoms. The van der Waals surface area contributed by atoms with Gasteiger partial charge in [0, 0.05) is 29.9 Å². The highest BCUT2D eigenvalue weighted by Crippen LogP contribution is 2.39. The number of aromatic nitrogens is 3. The fourth-order valence-corrected chi connectivity index (χ4v) is 4.92. The zero-order valence-corrected chi connectivity index (χ0v) is 18.3. The summed E-state index contributed by atoms with van der Waals surface area (Å²) in [5.74, 6) is -0.200. The Morgan fingerprint density at radius 2 is 2.21 bits per heavy atom. The van der Waals surface area contributed by atoms with Gasteiger partial charge in [-0.2, -0.15) is 15.4 Å². The summed E-state index contributed by atoms with van der Waals surface area (Å²) in [5.41, 5.74) is 8.21. The van der Waals surface area contributed by atoms with E-state index in [4.69, 9.17) is 10.5 Å². The molecule has 1 saturated heterocycles. The number of nitrogens with one attached hydrogen (secondary N) is 1. The van der Waals surface area contributed by atoms with Gasteiger partial charge >= 0.3 is 6.03 Å². The number of amides is 2. The van der Waals surface area contributed by atoms with E-state index in [0.717, 1.165) is 0 Å². The third-order valence-corrected chi connectivity index (χ3v) is 6.48. The van der Waals surface area contributed by atoms with Gasteiger partial charge < -0.3 is 15.0 Å². The van der Waals surface area contributed by atoms with Crippen molar-refractivity contribution in [2.24, 2.45) is 7.05 Å². The number of nitriles is 1. The van der Waals surface area contributed by atoms with Crippen LogP contribution in [0.5, 0.6) is 5.75 Å². The minimum absolute atomic E-state index is 0.104. The number of anilines is 2. The van der Waals surface area contributed by atoms with E-state index in [1.54, 1.807) is 20.0 Å². The van der Waals surface area contributed by atoms with Crippen molar-refractivity contribution in [2.75, 3.05) is 10.1 Å². The number of fused-ring (bicyclic) bond motifs is 7. The van der Waals surface area contributed by atoms with Crippen LogP contribution in [0.25, 0.3) is 11.1 Å². The third kappa shape index (κ3) is 3.27. The number of aryl methyl sites for hydroxylation is 1. The molecule has 3 aromatic rings. The molecule has 2 amide bonds. The van der Waals surface area contributed by atoms with Crippen LogP contribution in [-0.2, 0) is 25.1 Å². The second-order valence-electron chi connectivity index (χ2n) is 7.46. The molecule has 4 heterocycles. The van der Waals surface area contributed by atoms with Crippen molar-refractivity contribution < 1.29 is 18.5 Å². The van der Waals surface area contributed by atoms with Gasteiger partial charge in [-0.25, -0.2) is 14.2 Å². The Bertz CT molecular complexity index is 1340. The summed E-state index contributed by atoms with van der Waals surface area (Å²) in [5, 5.41) is 15.4. The fraction of sp³-hybridized carbons (Fsp3) is 0.200. The Hall–Kier alpha value is -4.02. The molecule has 2 aromatic heterocycles. The smallest absolute Gasteiger partial charge is 0.383 e. The second-order valence-corrected chi connectivity index (χ2v) is 8.51. The van der Waals surface area contributed by atoms with E-state index in [1.807, 2.05) is 0 Å². The van der Waals surface area contributed by atoms with Crippen LogP contribution in [-0.4, -0.2) is 30.4 Å². The molecular weight excluding hydrogens is 451 g/mol. The van der Waals surface area contributed by atoms with Crippen molar-refractivity contribution in [3.8, 4) is 22.9 Å². The summed E-state index contributed by atoms with van der Waals surface area (Å²) in [6.07, 6.45) is 0.723. The zero-order chi connectivity index (χ0) is 23.4. The predicted molar refractivity (Wildman–Crippen MR) is 116 cm³/mol. The number of nitrogen functional groups attached to an aromatic ring is 1. The van der Waals surface area contributed by atoms with Gasteiger partial charge in [-0.3, -0.25) is 4.68 Å². The Kier molecular flexibility index (Phi) is 4.76. The van der Waals surface area contributed by atoms with E-state index in [-0.39, 0.29) is 23.8 Å². The van der Waals surface area contributed by atoms with Crippen molar-refractivity contribution in [3.05, 3.63) is 53.2 Å². The van der Waals surface area contributed by atoms with E-state index in [1.165, 1.54) is 38.5 Å². The topological polar surface area (TPSA) is 148 Å². The van der Waals surface area contributed by atoms with Gasteiger partial charge in [0.2, 0.25) is 11.5 Å². The van der Waals surface area contributed by atoms with Crippen molar-refractivity contribution >= 4 is 29.1 Å². The predicted octanol–water partition coefficient (Wildman–Crippen LogP) is 2.05. The molecule has 1 unspecified atom stereocenters. The van der Waals surface area contributed by atoms with Gasteiger partial charge in [-0.1, -0.05) is 4.41 Å². The third-order valence-electron chi connectivity index (χ3n) is 5.42. The number of nitrogens with zero attached hydrogens (tertiary/aromatic N) is 6. The number of carbonyl (C=O) groups excluding carboxylic acids is 1. The standard InChI is InChI=1S/C20H17FN8O3S/c1-10-13-6-12(21)3-4-15(13)29-28(20(30)26-33(29)31)9-14-18(16(7-22)27(2)25-14)11-5-17(32-10)19(23)24-8-11/h3-6,8,10H,9H2,1-2H3,(H2,23,24)(H,26,30)/t10-,33?/m1/s1. The first kappa shape index (κ1) is 20.9. The normalized spacial score (nSPS) is 19.3. The average molecular weight is 468 g/mol. The van der Waals surface area contributed by atoms with Crippen LogP contribution in [0.2, 0.25) is 0 Å². The number of halogens is 1. The molecule has 0 aliphatic carbocycles. The molecule has 11 nitrogen and oxygen atoms in total. The molecule has 168 valence electrons. The molecule has 0 saturated carbocycles. The van der Waals surface area contributed by atoms with Gasteiger partial charge in [0.1, 0.15) is 29.4 Å². The molecule has 2 aliphatic rings. The van der Waals surface area contributed by atoms with Crippen molar-refractivity contribution in [1.82, 2.24) is 24.5 Å². The monoisotopic (exact) mass is 468 g/mol. The highest BCUT2D eigenvalue weighted by Gasteiger charge is 2.45. The van der Waals surface area contributed by atoms with Gasteiger partial charge in [0.15, 0.2) is 11.6 Å². The Morgan fingerprint density at radius 1 is 1.42 bits per heavy atom. The summed E-state index contributed by atoms with van der Waals surface area (Å²) >= 11 is -1.98. The van der Waals surface area contributed by atoms with Crippen LogP contribution >= 0.6 is 0 Å². The number of hydrogen-bond donors (Lipinski definition) is 2. The van der Waals surface area contributed by atoms with Crippen molar-refractivity contribution in [1.29, 1.82) is 5.26 Å². The Labute approximate surface area is 190 Å². The molecule has 2 aliphatic heterocycles.